The molecule has 6 nitrogen and oxygen atoms in total. The Morgan fingerprint density at radius 1 is 1.32 bits per heavy atom. The number of hydrogen-bond donors (Lipinski definition) is 1. The Morgan fingerprint density at radius 3 is 2.50 bits per heavy atom. The first-order valence-corrected chi connectivity index (χ1v) is 7.76. The van der Waals surface area contributed by atoms with Gasteiger partial charge in [-0.25, -0.2) is 4.79 Å². The molecule has 1 N–H and O–H groups in total. The number of carbonyl (C=O) groups excluding carboxylic acids is 2. The summed E-state index contributed by atoms with van der Waals surface area (Å²) in [5.41, 5.74) is 0.985. The molecule has 1 aromatic carbocycles. The fraction of sp³-hybridized carbons (Fsp3) is 0.333. The third-order valence-electron chi connectivity index (χ3n) is 3.00. The van der Waals surface area contributed by atoms with E-state index in [0.717, 1.165) is 14.0 Å². The highest BCUT2D eigenvalue weighted by Gasteiger charge is 2.30. The third kappa shape index (κ3) is 3.34. The molecule has 118 valence electrons. The van der Waals surface area contributed by atoms with Gasteiger partial charge in [0.05, 0.1) is 16.8 Å². The summed E-state index contributed by atoms with van der Waals surface area (Å²) < 4.78 is 12.0. The van der Waals surface area contributed by atoms with Crippen LogP contribution in [0.4, 0.5) is 4.79 Å². The fourth-order valence-corrected chi connectivity index (χ4v) is 2.72. The van der Waals surface area contributed by atoms with Crippen LogP contribution in [-0.2, 0) is 4.79 Å². The number of benzene rings is 1. The third-order valence-corrected chi connectivity index (χ3v) is 3.80. The highest BCUT2D eigenvalue weighted by Crippen LogP contribution is 2.35. The number of halogens is 1. The van der Waals surface area contributed by atoms with Gasteiger partial charge in [0, 0.05) is 7.05 Å². The number of methoxy groups -OCH3 is 1. The lowest BCUT2D eigenvalue weighted by molar-refractivity contribution is -0.121. The van der Waals surface area contributed by atoms with Gasteiger partial charge in [-0.2, -0.15) is 0 Å². The van der Waals surface area contributed by atoms with Gasteiger partial charge in [0.1, 0.15) is 5.70 Å². The molecule has 0 aliphatic carbocycles. The molecule has 1 aliphatic rings. The van der Waals surface area contributed by atoms with Crippen molar-refractivity contribution in [3.8, 4) is 11.5 Å². The lowest BCUT2D eigenvalue weighted by atomic mass is 10.1. The second-order valence-electron chi connectivity index (χ2n) is 5.05. The summed E-state index contributed by atoms with van der Waals surface area (Å²) in [6.07, 6.45) is 1.64. The fourth-order valence-electron chi connectivity index (χ4n) is 1.96. The maximum atomic E-state index is 11.9. The Bertz CT molecular complexity index is 655. The van der Waals surface area contributed by atoms with Crippen molar-refractivity contribution in [1.29, 1.82) is 0 Å². The molecule has 2 rings (SSSR count). The van der Waals surface area contributed by atoms with E-state index in [1.54, 1.807) is 19.3 Å². The number of imide groups is 1. The van der Waals surface area contributed by atoms with Crippen molar-refractivity contribution < 1.29 is 19.1 Å². The van der Waals surface area contributed by atoms with Crippen LogP contribution in [0.5, 0.6) is 11.5 Å². The van der Waals surface area contributed by atoms with E-state index in [-0.39, 0.29) is 17.7 Å². The smallest absolute Gasteiger partial charge is 0.328 e. The molecule has 0 saturated carbocycles. The van der Waals surface area contributed by atoms with Crippen molar-refractivity contribution in [2.24, 2.45) is 0 Å². The number of hydrogen-bond acceptors (Lipinski definition) is 4. The molecule has 3 amide bonds. The minimum Gasteiger partial charge on any atom is -0.493 e. The van der Waals surface area contributed by atoms with Crippen LogP contribution in [0.1, 0.15) is 19.4 Å². The quantitative estimate of drug-likeness (QED) is 0.466. The molecule has 1 saturated heterocycles. The second-order valence-corrected chi connectivity index (χ2v) is 6.22. The minimum atomic E-state index is -0.433. The van der Waals surface area contributed by atoms with E-state index in [4.69, 9.17) is 9.47 Å². The molecule has 1 fully saturated rings. The Hall–Kier alpha value is -1.77. The van der Waals surface area contributed by atoms with Crippen LogP contribution in [0, 0.1) is 3.57 Å². The molecule has 0 radical (unpaired) electrons. The molecule has 0 aromatic heterocycles. The Kier molecular flexibility index (Phi) is 4.94. The van der Waals surface area contributed by atoms with Crippen molar-refractivity contribution in [3.63, 3.8) is 0 Å². The number of nitrogens with zero attached hydrogens (tertiary/aromatic N) is 1. The first-order valence-electron chi connectivity index (χ1n) is 6.68. The van der Waals surface area contributed by atoms with Crippen molar-refractivity contribution in [1.82, 2.24) is 10.2 Å². The van der Waals surface area contributed by atoms with E-state index < -0.39 is 6.03 Å². The predicted octanol–water partition coefficient (Wildman–Crippen LogP) is 2.61. The van der Waals surface area contributed by atoms with Gasteiger partial charge in [-0.3, -0.25) is 9.69 Å². The van der Waals surface area contributed by atoms with Crippen LogP contribution >= 0.6 is 22.6 Å². The summed E-state index contributed by atoms with van der Waals surface area (Å²) in [6.45, 7) is 3.88. The zero-order chi connectivity index (χ0) is 16.4. The average Bonchev–Trinajstić information content (AvgIpc) is 2.68. The molecule has 0 spiro atoms. The van der Waals surface area contributed by atoms with E-state index in [2.05, 4.69) is 27.9 Å². The SMILES string of the molecule is COc1cc(/C=C2/NC(=O)N(C)C2=O)cc(I)c1OC(C)C. The van der Waals surface area contributed by atoms with E-state index in [1.807, 2.05) is 19.9 Å². The van der Waals surface area contributed by atoms with Gasteiger partial charge < -0.3 is 14.8 Å². The molecule has 0 atom stereocenters. The first-order chi connectivity index (χ1) is 10.3. The number of amides is 3. The van der Waals surface area contributed by atoms with Crippen LogP contribution in [0.2, 0.25) is 0 Å². The Balaban J connectivity index is 2.40. The monoisotopic (exact) mass is 416 g/mol. The summed E-state index contributed by atoms with van der Waals surface area (Å²) in [5.74, 6) is 0.887. The topological polar surface area (TPSA) is 67.9 Å². The summed E-state index contributed by atoms with van der Waals surface area (Å²) in [5, 5.41) is 2.53. The normalized spacial score (nSPS) is 16.5. The Morgan fingerprint density at radius 2 is 2.00 bits per heavy atom. The van der Waals surface area contributed by atoms with Gasteiger partial charge in [0.15, 0.2) is 11.5 Å². The van der Waals surface area contributed by atoms with Crippen molar-refractivity contribution >= 4 is 40.6 Å². The van der Waals surface area contributed by atoms with Crippen LogP contribution in [0.25, 0.3) is 6.08 Å². The molecule has 1 aromatic rings. The van der Waals surface area contributed by atoms with E-state index in [0.29, 0.717) is 11.5 Å². The van der Waals surface area contributed by atoms with Gasteiger partial charge in [0.2, 0.25) is 0 Å². The van der Waals surface area contributed by atoms with Crippen molar-refractivity contribution in [2.45, 2.75) is 20.0 Å². The largest absolute Gasteiger partial charge is 0.493 e. The number of ether oxygens (including phenoxy) is 2. The van der Waals surface area contributed by atoms with Crippen molar-refractivity contribution in [3.05, 3.63) is 27.0 Å². The first kappa shape index (κ1) is 16.6. The summed E-state index contributed by atoms with van der Waals surface area (Å²) >= 11 is 2.15. The summed E-state index contributed by atoms with van der Waals surface area (Å²) in [6, 6.07) is 3.20. The highest BCUT2D eigenvalue weighted by atomic mass is 127. The molecular formula is C15H17IN2O4. The second kappa shape index (κ2) is 6.55. The molecule has 0 bridgehead atoms. The molecule has 1 aliphatic heterocycles. The average molecular weight is 416 g/mol. The number of carbonyl (C=O) groups is 2. The van der Waals surface area contributed by atoms with Crippen molar-refractivity contribution in [2.75, 3.05) is 14.2 Å². The van der Waals surface area contributed by atoms with Gasteiger partial charge in [0.25, 0.3) is 5.91 Å². The Labute approximate surface area is 142 Å². The predicted molar refractivity (Wildman–Crippen MR) is 90.8 cm³/mol. The molecular weight excluding hydrogens is 399 g/mol. The standard InChI is InChI=1S/C15H17IN2O4/c1-8(2)22-13-10(16)5-9(7-12(13)21-4)6-11-14(19)18(3)15(20)17-11/h5-8H,1-4H3,(H,17,20)/b11-6+. The van der Waals surface area contributed by atoms with Gasteiger partial charge >= 0.3 is 6.03 Å². The number of rotatable bonds is 4. The number of nitrogens with one attached hydrogen (secondary N) is 1. The maximum Gasteiger partial charge on any atom is 0.328 e. The number of urea groups is 1. The summed E-state index contributed by atoms with van der Waals surface area (Å²) in [7, 11) is 2.99. The van der Waals surface area contributed by atoms with E-state index >= 15 is 0 Å². The molecule has 0 unspecified atom stereocenters. The maximum absolute atomic E-state index is 11.9. The van der Waals surface area contributed by atoms with Gasteiger partial charge in [-0.05, 0) is 60.2 Å². The lowest BCUT2D eigenvalue weighted by Gasteiger charge is -2.16. The molecule has 7 heteroatoms. The lowest BCUT2D eigenvalue weighted by Crippen LogP contribution is -2.25. The zero-order valence-corrected chi connectivity index (χ0v) is 14.9. The van der Waals surface area contributed by atoms with Gasteiger partial charge in [-0.15, -0.1) is 0 Å². The number of likely N-dealkylation sites (N-methyl/N-ethyl adjacent to an activating group) is 1. The van der Waals surface area contributed by atoms with Gasteiger partial charge in [-0.1, -0.05) is 0 Å². The molecule has 1 heterocycles. The van der Waals surface area contributed by atoms with Crippen LogP contribution in [0.15, 0.2) is 17.8 Å². The van der Waals surface area contributed by atoms with Crippen LogP contribution < -0.4 is 14.8 Å². The summed E-state index contributed by atoms with van der Waals surface area (Å²) in [4.78, 5) is 24.4. The van der Waals surface area contributed by atoms with Crippen LogP contribution in [-0.4, -0.2) is 37.1 Å². The minimum absolute atomic E-state index is 0.0240. The molecule has 22 heavy (non-hydrogen) atoms. The van der Waals surface area contributed by atoms with E-state index in [1.165, 1.54) is 7.05 Å². The zero-order valence-electron chi connectivity index (χ0n) is 12.8. The van der Waals surface area contributed by atoms with E-state index in [9.17, 15) is 9.59 Å². The van der Waals surface area contributed by atoms with Crippen LogP contribution in [0.3, 0.4) is 0 Å². The highest BCUT2D eigenvalue weighted by molar-refractivity contribution is 14.1.